The molecular formula is C12H23N3O2. The van der Waals surface area contributed by atoms with E-state index in [0.717, 1.165) is 12.8 Å². The van der Waals surface area contributed by atoms with Crippen molar-refractivity contribution in [1.29, 1.82) is 0 Å². The number of H-pyrrole nitrogens is 1. The largest absolute Gasteiger partial charge is 0.438 e. The van der Waals surface area contributed by atoms with E-state index in [1.165, 1.54) is 12.8 Å². The van der Waals surface area contributed by atoms with Crippen LogP contribution in [0.25, 0.3) is 0 Å². The van der Waals surface area contributed by atoms with Gasteiger partial charge in [-0.2, -0.15) is 0 Å². The Hall–Kier alpha value is -1.10. The summed E-state index contributed by atoms with van der Waals surface area (Å²) in [6.07, 6.45) is 4.46. The molecule has 0 bridgehead atoms. The minimum Gasteiger partial charge on any atom is -0.330 e. The zero-order chi connectivity index (χ0) is 12.9. The van der Waals surface area contributed by atoms with Gasteiger partial charge in [-0.1, -0.05) is 38.8 Å². The Kier molecular flexibility index (Phi) is 4.93. The molecule has 0 amide bonds. The third-order valence-electron chi connectivity index (χ3n) is 3.13. The highest BCUT2D eigenvalue weighted by Gasteiger charge is 2.25. The smallest absolute Gasteiger partial charge is 0.330 e. The Morgan fingerprint density at radius 2 is 2.24 bits per heavy atom. The van der Waals surface area contributed by atoms with E-state index in [1.807, 2.05) is 0 Å². The molecule has 0 aliphatic rings. The average molecular weight is 241 g/mol. The minimum atomic E-state index is -0.509. The summed E-state index contributed by atoms with van der Waals surface area (Å²) in [7, 11) is 0. The number of nitrogens with one attached hydrogen (secondary N) is 1. The van der Waals surface area contributed by atoms with Gasteiger partial charge in [0.2, 0.25) is 0 Å². The molecule has 98 valence electrons. The first kappa shape index (κ1) is 14.0. The molecule has 0 radical (unpaired) electrons. The highest BCUT2D eigenvalue weighted by molar-refractivity contribution is 4.95. The second-order valence-electron chi connectivity index (χ2n) is 5.38. The maximum atomic E-state index is 10.9. The second kappa shape index (κ2) is 6.00. The average Bonchev–Trinajstić information content (AvgIpc) is 2.70. The third kappa shape index (κ3) is 4.34. The summed E-state index contributed by atoms with van der Waals surface area (Å²) in [6.45, 7) is 7.11. The molecule has 5 heteroatoms. The van der Waals surface area contributed by atoms with Gasteiger partial charge in [-0.15, -0.1) is 0 Å². The molecule has 0 fully saturated rings. The topological polar surface area (TPSA) is 84.9 Å². The van der Waals surface area contributed by atoms with Crippen molar-refractivity contribution in [3.05, 3.63) is 16.4 Å². The van der Waals surface area contributed by atoms with E-state index in [-0.39, 0.29) is 11.3 Å². The van der Waals surface area contributed by atoms with Gasteiger partial charge < -0.3 is 5.73 Å². The van der Waals surface area contributed by atoms with Crippen molar-refractivity contribution in [2.24, 2.45) is 11.1 Å². The Bertz CT molecular complexity index is 381. The zero-order valence-corrected chi connectivity index (χ0v) is 11.0. The van der Waals surface area contributed by atoms with Crippen LogP contribution in [0.1, 0.15) is 58.2 Å². The lowest BCUT2D eigenvalue weighted by atomic mass is 9.78. The Labute approximate surface area is 102 Å². The maximum Gasteiger partial charge on any atom is 0.438 e. The fourth-order valence-electron chi connectivity index (χ4n) is 2.13. The van der Waals surface area contributed by atoms with Crippen LogP contribution in [0.15, 0.2) is 9.32 Å². The fourth-order valence-corrected chi connectivity index (χ4v) is 2.13. The summed E-state index contributed by atoms with van der Waals surface area (Å²) in [5.41, 5.74) is 5.95. The molecule has 17 heavy (non-hydrogen) atoms. The number of hydrogen-bond donors (Lipinski definition) is 2. The SMILES string of the molecule is CCCCC(C)(C)CC(CN)c1noc(=O)[nH]1. The van der Waals surface area contributed by atoms with Gasteiger partial charge in [0.25, 0.3) is 0 Å². The van der Waals surface area contributed by atoms with Crippen LogP contribution in [0.5, 0.6) is 0 Å². The van der Waals surface area contributed by atoms with Crippen molar-refractivity contribution in [2.45, 2.75) is 52.4 Å². The predicted octanol–water partition coefficient (Wildman–Crippen LogP) is 2.01. The van der Waals surface area contributed by atoms with Gasteiger partial charge in [-0.05, 0) is 18.3 Å². The Balaban J connectivity index is 2.66. The van der Waals surface area contributed by atoms with Crippen molar-refractivity contribution in [3.63, 3.8) is 0 Å². The molecule has 0 aromatic carbocycles. The standard InChI is InChI=1S/C12H23N3O2/c1-4-5-6-12(2,3)7-9(8-13)10-14-11(16)17-15-10/h9H,4-8,13H2,1-3H3,(H,14,15,16). The molecule has 1 atom stereocenters. The van der Waals surface area contributed by atoms with Crippen LogP contribution in [0.4, 0.5) is 0 Å². The van der Waals surface area contributed by atoms with E-state index in [2.05, 4.69) is 35.4 Å². The van der Waals surface area contributed by atoms with E-state index < -0.39 is 5.76 Å². The highest BCUT2D eigenvalue weighted by Crippen LogP contribution is 2.33. The summed E-state index contributed by atoms with van der Waals surface area (Å²) < 4.78 is 4.53. The van der Waals surface area contributed by atoms with Gasteiger partial charge in [0.1, 0.15) is 0 Å². The summed E-state index contributed by atoms with van der Waals surface area (Å²) >= 11 is 0. The lowest BCUT2D eigenvalue weighted by Crippen LogP contribution is -2.23. The summed E-state index contributed by atoms with van der Waals surface area (Å²) in [4.78, 5) is 13.5. The lowest BCUT2D eigenvalue weighted by Gasteiger charge is -2.28. The molecule has 0 aliphatic carbocycles. The molecular weight excluding hydrogens is 218 g/mol. The monoisotopic (exact) mass is 241 g/mol. The molecule has 1 aromatic heterocycles. The first-order chi connectivity index (χ1) is 7.98. The lowest BCUT2D eigenvalue weighted by molar-refractivity contribution is 0.267. The molecule has 0 saturated carbocycles. The van der Waals surface area contributed by atoms with Crippen LogP contribution in [-0.4, -0.2) is 16.7 Å². The third-order valence-corrected chi connectivity index (χ3v) is 3.13. The van der Waals surface area contributed by atoms with Crippen molar-refractivity contribution in [1.82, 2.24) is 10.1 Å². The fraction of sp³-hybridized carbons (Fsp3) is 0.833. The van der Waals surface area contributed by atoms with Gasteiger partial charge in [0.05, 0.1) is 0 Å². The van der Waals surface area contributed by atoms with E-state index in [1.54, 1.807) is 0 Å². The number of aromatic amines is 1. The molecule has 0 aliphatic heterocycles. The Morgan fingerprint density at radius 1 is 1.53 bits per heavy atom. The van der Waals surface area contributed by atoms with Crippen molar-refractivity contribution in [2.75, 3.05) is 6.54 Å². The van der Waals surface area contributed by atoms with Crippen LogP contribution in [0.3, 0.4) is 0 Å². The number of unbranched alkanes of at least 4 members (excludes halogenated alkanes) is 1. The first-order valence-corrected chi connectivity index (χ1v) is 6.24. The van der Waals surface area contributed by atoms with Gasteiger partial charge >= 0.3 is 5.76 Å². The number of aromatic nitrogens is 2. The number of nitrogens with two attached hydrogens (primary N) is 1. The van der Waals surface area contributed by atoms with E-state index >= 15 is 0 Å². The summed E-state index contributed by atoms with van der Waals surface area (Å²) in [6, 6.07) is 0. The molecule has 1 rings (SSSR count). The van der Waals surface area contributed by atoms with Gasteiger partial charge in [0.15, 0.2) is 5.82 Å². The van der Waals surface area contributed by atoms with Crippen LogP contribution in [0, 0.1) is 5.41 Å². The van der Waals surface area contributed by atoms with Crippen molar-refractivity contribution in [3.8, 4) is 0 Å². The van der Waals surface area contributed by atoms with Crippen LogP contribution in [0.2, 0.25) is 0 Å². The summed E-state index contributed by atoms with van der Waals surface area (Å²) in [5, 5.41) is 3.73. The number of hydrogen-bond acceptors (Lipinski definition) is 4. The minimum absolute atomic E-state index is 0.0632. The normalized spacial score (nSPS) is 13.9. The molecule has 1 aromatic rings. The van der Waals surface area contributed by atoms with Crippen LogP contribution >= 0.6 is 0 Å². The van der Waals surface area contributed by atoms with Crippen LogP contribution < -0.4 is 11.5 Å². The van der Waals surface area contributed by atoms with Crippen molar-refractivity contribution >= 4 is 0 Å². The zero-order valence-electron chi connectivity index (χ0n) is 11.0. The van der Waals surface area contributed by atoms with E-state index in [9.17, 15) is 4.79 Å². The molecule has 1 heterocycles. The molecule has 3 N–H and O–H groups in total. The maximum absolute atomic E-state index is 10.9. The molecule has 0 saturated heterocycles. The number of rotatable bonds is 7. The van der Waals surface area contributed by atoms with E-state index in [4.69, 9.17) is 5.73 Å². The first-order valence-electron chi connectivity index (χ1n) is 6.24. The quantitative estimate of drug-likeness (QED) is 0.764. The van der Waals surface area contributed by atoms with E-state index in [0.29, 0.717) is 12.4 Å². The van der Waals surface area contributed by atoms with Gasteiger partial charge in [-0.3, -0.25) is 9.51 Å². The van der Waals surface area contributed by atoms with Crippen molar-refractivity contribution < 1.29 is 4.52 Å². The summed E-state index contributed by atoms with van der Waals surface area (Å²) in [5.74, 6) is 0.125. The molecule has 5 nitrogen and oxygen atoms in total. The van der Waals surface area contributed by atoms with Gasteiger partial charge in [-0.25, -0.2) is 4.79 Å². The molecule has 1 unspecified atom stereocenters. The Morgan fingerprint density at radius 3 is 2.71 bits per heavy atom. The molecule has 0 spiro atoms. The second-order valence-corrected chi connectivity index (χ2v) is 5.38. The highest BCUT2D eigenvalue weighted by atomic mass is 16.5. The predicted molar refractivity (Wildman–Crippen MR) is 66.8 cm³/mol. The van der Waals surface area contributed by atoms with Gasteiger partial charge in [0, 0.05) is 12.5 Å². The van der Waals surface area contributed by atoms with Crippen LogP contribution in [-0.2, 0) is 0 Å². The number of nitrogens with zero attached hydrogens (tertiary/aromatic N) is 1.